The number of nitrogens with one attached hydrogen (secondary N) is 1. The molecule has 0 atom stereocenters. The Morgan fingerprint density at radius 1 is 1.12 bits per heavy atom. The molecule has 0 radical (unpaired) electrons. The molecular weight excluding hydrogens is 316 g/mol. The largest absolute Gasteiger partial charge is 0.382 e. The molecule has 3 aromatic heterocycles. The first-order chi connectivity index (χ1) is 12.1. The van der Waals surface area contributed by atoms with Crippen LogP contribution in [-0.2, 0) is 13.0 Å². The Bertz CT molecular complexity index is 879. The van der Waals surface area contributed by atoms with Gasteiger partial charge in [-0.1, -0.05) is 0 Å². The number of aryl methyl sites for hydroxylation is 1. The molecule has 0 aromatic carbocycles. The van der Waals surface area contributed by atoms with Crippen LogP contribution in [-0.4, -0.2) is 25.7 Å². The van der Waals surface area contributed by atoms with E-state index >= 15 is 0 Å². The first-order valence-electron chi connectivity index (χ1n) is 7.82. The van der Waals surface area contributed by atoms with Crippen LogP contribution in [0.15, 0.2) is 49.1 Å². The van der Waals surface area contributed by atoms with Crippen molar-refractivity contribution in [2.45, 2.75) is 19.9 Å². The Morgan fingerprint density at radius 2 is 2.00 bits per heavy atom. The van der Waals surface area contributed by atoms with Gasteiger partial charge in [-0.3, -0.25) is 14.8 Å². The lowest BCUT2D eigenvalue weighted by molar-refractivity contribution is 0.0988. The SMILES string of the molecule is Cc1cnc(C(=O)Cc2ccnc(CNc3cccnc3N)c2)cn1. The van der Waals surface area contributed by atoms with E-state index in [1.165, 1.54) is 6.20 Å². The zero-order chi connectivity index (χ0) is 17.6. The molecule has 126 valence electrons. The van der Waals surface area contributed by atoms with Gasteiger partial charge in [-0.15, -0.1) is 0 Å². The quantitative estimate of drug-likeness (QED) is 0.665. The molecule has 0 aliphatic heterocycles. The number of pyridine rings is 2. The predicted molar refractivity (Wildman–Crippen MR) is 95.0 cm³/mol. The molecule has 0 amide bonds. The van der Waals surface area contributed by atoms with E-state index in [0.29, 0.717) is 18.1 Å². The van der Waals surface area contributed by atoms with Crippen molar-refractivity contribution >= 4 is 17.3 Å². The standard InChI is InChI=1S/C18H18N6O/c1-12-9-23-16(11-22-12)17(25)8-13-4-6-20-14(7-13)10-24-15-3-2-5-21-18(15)19/h2-7,9,11,24H,8,10H2,1H3,(H2,19,21). The minimum Gasteiger partial charge on any atom is -0.382 e. The third-order valence-corrected chi connectivity index (χ3v) is 3.61. The van der Waals surface area contributed by atoms with Crippen LogP contribution in [0.2, 0.25) is 0 Å². The smallest absolute Gasteiger partial charge is 0.187 e. The molecule has 7 heteroatoms. The van der Waals surface area contributed by atoms with Gasteiger partial charge in [0, 0.05) is 25.0 Å². The monoisotopic (exact) mass is 334 g/mol. The zero-order valence-electron chi connectivity index (χ0n) is 13.8. The summed E-state index contributed by atoms with van der Waals surface area (Å²) in [5.41, 5.74) is 9.38. The Morgan fingerprint density at radius 3 is 2.76 bits per heavy atom. The van der Waals surface area contributed by atoms with Crippen LogP contribution in [0.5, 0.6) is 0 Å². The van der Waals surface area contributed by atoms with Gasteiger partial charge in [-0.2, -0.15) is 0 Å². The van der Waals surface area contributed by atoms with Crippen LogP contribution < -0.4 is 11.1 Å². The fourth-order valence-corrected chi connectivity index (χ4v) is 2.30. The molecule has 25 heavy (non-hydrogen) atoms. The van der Waals surface area contributed by atoms with Crippen molar-refractivity contribution < 1.29 is 4.79 Å². The van der Waals surface area contributed by atoms with Crippen molar-refractivity contribution in [1.29, 1.82) is 0 Å². The zero-order valence-corrected chi connectivity index (χ0v) is 13.8. The molecule has 0 unspecified atom stereocenters. The van der Waals surface area contributed by atoms with Gasteiger partial charge < -0.3 is 11.1 Å². The molecule has 0 aliphatic carbocycles. The summed E-state index contributed by atoms with van der Waals surface area (Å²) in [5, 5.41) is 3.19. The molecule has 3 N–H and O–H groups in total. The van der Waals surface area contributed by atoms with Crippen LogP contribution in [0.1, 0.15) is 27.4 Å². The number of rotatable bonds is 6. The maximum atomic E-state index is 12.3. The highest BCUT2D eigenvalue weighted by Gasteiger charge is 2.10. The third kappa shape index (κ3) is 4.35. The van der Waals surface area contributed by atoms with E-state index in [2.05, 4.69) is 25.3 Å². The average Bonchev–Trinajstić information content (AvgIpc) is 2.62. The van der Waals surface area contributed by atoms with E-state index in [0.717, 1.165) is 22.6 Å². The molecule has 0 saturated heterocycles. The highest BCUT2D eigenvalue weighted by atomic mass is 16.1. The van der Waals surface area contributed by atoms with Crippen molar-refractivity contribution in [3.8, 4) is 0 Å². The number of carbonyl (C=O) groups is 1. The van der Waals surface area contributed by atoms with Gasteiger partial charge in [-0.05, 0) is 36.8 Å². The van der Waals surface area contributed by atoms with Crippen LogP contribution in [0.25, 0.3) is 0 Å². The minimum atomic E-state index is -0.0749. The first kappa shape index (κ1) is 16.5. The topological polar surface area (TPSA) is 107 Å². The van der Waals surface area contributed by atoms with Crippen LogP contribution in [0.4, 0.5) is 11.5 Å². The van der Waals surface area contributed by atoms with Crippen molar-refractivity contribution in [3.05, 3.63) is 71.7 Å². The minimum absolute atomic E-state index is 0.0749. The number of Topliss-reactive ketones (excluding diaryl/α,β-unsaturated/α-hetero) is 1. The molecule has 3 heterocycles. The number of nitrogens with zero attached hydrogens (tertiary/aromatic N) is 4. The molecule has 0 saturated carbocycles. The summed E-state index contributed by atoms with van der Waals surface area (Å²) in [4.78, 5) is 28.9. The average molecular weight is 334 g/mol. The van der Waals surface area contributed by atoms with Crippen LogP contribution in [0.3, 0.4) is 0 Å². The van der Waals surface area contributed by atoms with E-state index in [9.17, 15) is 4.79 Å². The van der Waals surface area contributed by atoms with Gasteiger partial charge >= 0.3 is 0 Å². The third-order valence-electron chi connectivity index (χ3n) is 3.61. The number of carbonyl (C=O) groups excluding carboxylic acids is 1. The maximum absolute atomic E-state index is 12.3. The molecule has 0 bridgehead atoms. The van der Waals surface area contributed by atoms with Crippen molar-refractivity contribution in [2.75, 3.05) is 11.1 Å². The fourth-order valence-electron chi connectivity index (χ4n) is 2.30. The predicted octanol–water partition coefficient (Wildman–Crippen LogP) is 2.19. The second-order valence-electron chi connectivity index (χ2n) is 5.59. The lowest BCUT2D eigenvalue weighted by Crippen LogP contribution is -2.09. The molecule has 3 rings (SSSR count). The van der Waals surface area contributed by atoms with Crippen molar-refractivity contribution in [1.82, 2.24) is 19.9 Å². The summed E-state index contributed by atoms with van der Waals surface area (Å²) in [6.45, 7) is 2.32. The summed E-state index contributed by atoms with van der Waals surface area (Å²) in [6.07, 6.45) is 6.67. The Kier molecular flexibility index (Phi) is 4.94. The number of aromatic nitrogens is 4. The Labute approximate surface area is 145 Å². The van der Waals surface area contributed by atoms with Gasteiger partial charge in [0.25, 0.3) is 0 Å². The highest BCUT2D eigenvalue weighted by molar-refractivity contribution is 5.95. The van der Waals surface area contributed by atoms with Gasteiger partial charge in [0.2, 0.25) is 0 Å². The summed E-state index contributed by atoms with van der Waals surface area (Å²) in [7, 11) is 0. The molecule has 3 aromatic rings. The Hall–Kier alpha value is -3.35. The van der Waals surface area contributed by atoms with E-state index in [1.807, 2.05) is 31.2 Å². The number of anilines is 2. The van der Waals surface area contributed by atoms with E-state index in [-0.39, 0.29) is 12.2 Å². The van der Waals surface area contributed by atoms with Crippen molar-refractivity contribution in [2.24, 2.45) is 0 Å². The van der Waals surface area contributed by atoms with Crippen LogP contribution in [0, 0.1) is 6.92 Å². The van der Waals surface area contributed by atoms with Crippen molar-refractivity contribution in [3.63, 3.8) is 0 Å². The van der Waals surface area contributed by atoms with E-state index in [4.69, 9.17) is 5.73 Å². The molecular formula is C18H18N6O. The number of hydrogen-bond acceptors (Lipinski definition) is 7. The fraction of sp³-hybridized carbons (Fsp3) is 0.167. The number of nitrogens with two attached hydrogens (primary N) is 1. The molecule has 7 nitrogen and oxygen atoms in total. The number of hydrogen-bond donors (Lipinski definition) is 2. The molecule has 0 spiro atoms. The Balaban J connectivity index is 1.66. The summed E-state index contributed by atoms with van der Waals surface area (Å²) in [5.74, 6) is 0.362. The number of nitrogen functional groups attached to an aromatic ring is 1. The maximum Gasteiger partial charge on any atom is 0.187 e. The van der Waals surface area contributed by atoms with Gasteiger partial charge in [0.05, 0.1) is 29.8 Å². The second-order valence-corrected chi connectivity index (χ2v) is 5.59. The molecule has 0 fully saturated rings. The first-order valence-corrected chi connectivity index (χ1v) is 7.82. The van der Waals surface area contributed by atoms with Crippen LogP contribution >= 0.6 is 0 Å². The van der Waals surface area contributed by atoms with Gasteiger partial charge in [0.15, 0.2) is 5.78 Å². The number of ketones is 1. The summed E-state index contributed by atoms with van der Waals surface area (Å²) < 4.78 is 0. The van der Waals surface area contributed by atoms with E-state index in [1.54, 1.807) is 18.6 Å². The normalized spacial score (nSPS) is 10.4. The second kappa shape index (κ2) is 7.48. The highest BCUT2D eigenvalue weighted by Crippen LogP contribution is 2.15. The molecule has 0 aliphatic rings. The van der Waals surface area contributed by atoms with Gasteiger partial charge in [-0.25, -0.2) is 9.97 Å². The summed E-state index contributed by atoms with van der Waals surface area (Å²) in [6, 6.07) is 7.37. The van der Waals surface area contributed by atoms with E-state index < -0.39 is 0 Å². The summed E-state index contributed by atoms with van der Waals surface area (Å²) >= 11 is 0. The lowest BCUT2D eigenvalue weighted by Gasteiger charge is -2.08. The lowest BCUT2D eigenvalue weighted by atomic mass is 10.1. The van der Waals surface area contributed by atoms with Gasteiger partial charge in [0.1, 0.15) is 11.5 Å².